The number of aryl methyl sites for hydroxylation is 1. The lowest BCUT2D eigenvalue weighted by atomic mass is 10.0. The highest BCUT2D eigenvalue weighted by Crippen LogP contribution is 2.40. The largest absolute Gasteiger partial charge is 0.474 e. The number of ether oxygens (including phenoxy) is 1. The molecule has 1 aromatic heterocycles. The first-order valence-electron chi connectivity index (χ1n) is 8.72. The molecule has 0 amide bonds. The monoisotopic (exact) mass is 358 g/mol. The number of aromatic nitrogens is 1. The molecule has 4 rings (SSSR count). The molecule has 5 nitrogen and oxygen atoms in total. The number of piperidine rings is 1. The molecule has 0 spiro atoms. The summed E-state index contributed by atoms with van der Waals surface area (Å²) in [4.78, 5) is 4.60. The van der Waals surface area contributed by atoms with Gasteiger partial charge >= 0.3 is 0 Å². The summed E-state index contributed by atoms with van der Waals surface area (Å²) >= 11 is 0. The van der Waals surface area contributed by atoms with Gasteiger partial charge in [-0.3, -0.25) is 0 Å². The number of nitrogens with zero attached hydrogens (tertiary/aromatic N) is 2. The fourth-order valence-electron chi connectivity index (χ4n) is 3.99. The van der Waals surface area contributed by atoms with Crippen LogP contribution in [0.2, 0.25) is 0 Å². The first kappa shape index (κ1) is 16.5. The summed E-state index contributed by atoms with van der Waals surface area (Å²) in [5, 5.41) is 0. The maximum Gasteiger partial charge on any atom is 0.243 e. The Morgan fingerprint density at radius 3 is 2.32 bits per heavy atom. The molecule has 3 heterocycles. The van der Waals surface area contributed by atoms with Gasteiger partial charge in [0.15, 0.2) is 0 Å². The van der Waals surface area contributed by atoms with E-state index >= 15 is 0 Å². The van der Waals surface area contributed by atoms with Gasteiger partial charge in [0.25, 0.3) is 0 Å². The number of benzene rings is 1. The van der Waals surface area contributed by atoms with Gasteiger partial charge in [-0.1, -0.05) is 23.8 Å². The Bertz CT molecular complexity index is 823. The van der Waals surface area contributed by atoms with Gasteiger partial charge in [-0.2, -0.15) is 4.31 Å². The first-order valence-corrected chi connectivity index (χ1v) is 10.2. The second-order valence-corrected chi connectivity index (χ2v) is 8.76. The van der Waals surface area contributed by atoms with Crippen LogP contribution in [-0.4, -0.2) is 35.9 Å². The molecule has 2 bridgehead atoms. The predicted molar refractivity (Wildman–Crippen MR) is 94.9 cm³/mol. The number of hydrogen-bond acceptors (Lipinski definition) is 4. The molecule has 1 aromatic carbocycles. The maximum absolute atomic E-state index is 13.1. The Balaban J connectivity index is 1.53. The topological polar surface area (TPSA) is 59.5 Å². The molecular formula is C19H22N2O3S. The molecule has 6 heteroatoms. The number of sulfonamides is 1. The van der Waals surface area contributed by atoms with Crippen LogP contribution in [0.4, 0.5) is 0 Å². The normalized spacial score (nSPS) is 26.5. The molecule has 2 unspecified atom stereocenters. The van der Waals surface area contributed by atoms with E-state index in [9.17, 15) is 8.42 Å². The molecule has 2 aliphatic rings. The Morgan fingerprint density at radius 1 is 1.04 bits per heavy atom. The lowest BCUT2D eigenvalue weighted by Gasteiger charge is -2.37. The van der Waals surface area contributed by atoms with Crippen LogP contribution < -0.4 is 4.74 Å². The van der Waals surface area contributed by atoms with Crippen molar-refractivity contribution in [3.8, 4) is 5.88 Å². The zero-order valence-electron chi connectivity index (χ0n) is 14.2. The molecule has 0 saturated carbocycles. The molecule has 2 aromatic rings. The van der Waals surface area contributed by atoms with Crippen molar-refractivity contribution in [3.05, 3.63) is 54.2 Å². The second-order valence-electron chi connectivity index (χ2n) is 6.91. The van der Waals surface area contributed by atoms with Crippen LogP contribution in [0, 0.1) is 6.92 Å². The smallest absolute Gasteiger partial charge is 0.243 e. The number of fused-ring (bicyclic) bond motifs is 2. The van der Waals surface area contributed by atoms with E-state index in [0.717, 1.165) is 31.2 Å². The van der Waals surface area contributed by atoms with Gasteiger partial charge in [-0.15, -0.1) is 0 Å². The van der Waals surface area contributed by atoms with Gasteiger partial charge in [-0.25, -0.2) is 13.4 Å². The summed E-state index contributed by atoms with van der Waals surface area (Å²) in [7, 11) is -3.45. The van der Waals surface area contributed by atoms with E-state index in [0.29, 0.717) is 10.8 Å². The van der Waals surface area contributed by atoms with Gasteiger partial charge in [-0.05, 0) is 38.0 Å². The van der Waals surface area contributed by atoms with Crippen molar-refractivity contribution < 1.29 is 13.2 Å². The van der Waals surface area contributed by atoms with E-state index in [1.165, 1.54) is 0 Å². The minimum atomic E-state index is -3.45. The minimum absolute atomic E-state index is 0.0127. The van der Waals surface area contributed by atoms with Gasteiger partial charge in [0.05, 0.1) is 4.90 Å². The Morgan fingerprint density at radius 2 is 1.72 bits per heavy atom. The highest BCUT2D eigenvalue weighted by atomic mass is 32.2. The van der Waals surface area contributed by atoms with Crippen LogP contribution in [0.25, 0.3) is 0 Å². The van der Waals surface area contributed by atoms with Crippen molar-refractivity contribution in [3.63, 3.8) is 0 Å². The third-order valence-corrected chi connectivity index (χ3v) is 7.16. The van der Waals surface area contributed by atoms with E-state index in [4.69, 9.17) is 4.74 Å². The van der Waals surface area contributed by atoms with Gasteiger partial charge < -0.3 is 4.74 Å². The third-order valence-electron chi connectivity index (χ3n) is 5.14. The van der Waals surface area contributed by atoms with Crippen molar-refractivity contribution in [1.29, 1.82) is 0 Å². The maximum atomic E-state index is 13.1. The molecule has 0 N–H and O–H groups in total. The Kier molecular flexibility index (Phi) is 4.25. The lowest BCUT2D eigenvalue weighted by molar-refractivity contribution is 0.0918. The quantitative estimate of drug-likeness (QED) is 0.842. The summed E-state index contributed by atoms with van der Waals surface area (Å²) in [6.45, 7) is 1.96. The summed E-state index contributed by atoms with van der Waals surface area (Å²) in [5.41, 5.74) is 1.06. The summed E-state index contributed by atoms with van der Waals surface area (Å²) in [6.07, 6.45) is 4.98. The number of pyridine rings is 1. The molecular weight excluding hydrogens is 336 g/mol. The van der Waals surface area contributed by atoms with Crippen LogP contribution in [0.3, 0.4) is 0 Å². The van der Waals surface area contributed by atoms with Crippen LogP contribution in [0.5, 0.6) is 5.88 Å². The van der Waals surface area contributed by atoms with Crippen LogP contribution in [-0.2, 0) is 10.0 Å². The van der Waals surface area contributed by atoms with Crippen LogP contribution >= 0.6 is 0 Å². The molecule has 0 aliphatic carbocycles. The Hall–Kier alpha value is -1.92. The highest BCUT2D eigenvalue weighted by Gasteiger charge is 2.47. The summed E-state index contributed by atoms with van der Waals surface area (Å²) in [6, 6.07) is 12.7. The van der Waals surface area contributed by atoms with Crippen molar-refractivity contribution in [1.82, 2.24) is 9.29 Å². The minimum Gasteiger partial charge on any atom is -0.474 e. The number of rotatable bonds is 4. The lowest BCUT2D eigenvalue weighted by Crippen LogP contribution is -2.49. The molecule has 132 valence electrons. The van der Waals surface area contributed by atoms with E-state index in [-0.39, 0.29) is 18.2 Å². The van der Waals surface area contributed by atoms with Crippen molar-refractivity contribution in [2.24, 2.45) is 0 Å². The second kappa shape index (κ2) is 6.42. The third kappa shape index (κ3) is 3.16. The van der Waals surface area contributed by atoms with Crippen molar-refractivity contribution >= 4 is 10.0 Å². The van der Waals surface area contributed by atoms with E-state index in [2.05, 4.69) is 4.98 Å². The molecule has 2 fully saturated rings. The molecule has 2 aliphatic heterocycles. The molecule has 2 atom stereocenters. The van der Waals surface area contributed by atoms with Gasteiger partial charge in [0.2, 0.25) is 15.9 Å². The summed E-state index contributed by atoms with van der Waals surface area (Å²) in [5.74, 6) is 0.613. The average molecular weight is 358 g/mol. The zero-order valence-corrected chi connectivity index (χ0v) is 15.0. The van der Waals surface area contributed by atoms with E-state index < -0.39 is 10.0 Å². The predicted octanol–water partition coefficient (Wildman–Crippen LogP) is 3.15. The van der Waals surface area contributed by atoms with E-state index in [1.54, 1.807) is 22.6 Å². The zero-order chi connectivity index (χ0) is 17.4. The fourth-order valence-corrected chi connectivity index (χ4v) is 5.88. The molecule has 2 saturated heterocycles. The van der Waals surface area contributed by atoms with Crippen LogP contribution in [0.1, 0.15) is 31.2 Å². The molecule has 25 heavy (non-hydrogen) atoms. The highest BCUT2D eigenvalue weighted by molar-refractivity contribution is 7.89. The standard InChI is InChI=1S/C19H22N2O3S/c1-14-5-9-18(10-6-14)25(22,23)21-15-7-8-16(21)13-17(12-15)24-19-4-2-3-11-20-19/h2-6,9-11,15-17H,7-8,12-13H2,1H3. The molecule has 0 radical (unpaired) electrons. The van der Waals surface area contributed by atoms with Crippen molar-refractivity contribution in [2.45, 2.75) is 55.7 Å². The van der Waals surface area contributed by atoms with Gasteiger partial charge in [0.1, 0.15) is 6.10 Å². The Labute approximate surface area is 148 Å². The SMILES string of the molecule is Cc1ccc(S(=O)(=O)N2C3CCC2CC(Oc2ccccn2)C3)cc1. The van der Waals surface area contributed by atoms with E-state index in [1.807, 2.05) is 37.3 Å². The average Bonchev–Trinajstić information content (AvgIpc) is 2.89. The fraction of sp³-hybridized carbons (Fsp3) is 0.421. The summed E-state index contributed by atoms with van der Waals surface area (Å²) < 4.78 is 33.9. The van der Waals surface area contributed by atoms with Gasteiger partial charge in [0, 0.05) is 37.2 Å². The van der Waals surface area contributed by atoms with Crippen LogP contribution in [0.15, 0.2) is 53.6 Å². The number of hydrogen-bond donors (Lipinski definition) is 0. The first-order chi connectivity index (χ1) is 12.0. The van der Waals surface area contributed by atoms with Crippen molar-refractivity contribution in [2.75, 3.05) is 0 Å².